The normalized spacial score (nSPS) is 31.5. The molecule has 0 aromatic heterocycles. The van der Waals surface area contributed by atoms with Crippen LogP contribution in [0.5, 0.6) is 0 Å². The van der Waals surface area contributed by atoms with Gasteiger partial charge in [0.25, 0.3) is 0 Å². The van der Waals surface area contributed by atoms with Gasteiger partial charge in [-0.3, -0.25) is 4.79 Å². The molecular weight excluding hydrogens is 217 g/mol. The Balaban J connectivity index is 1.73. The summed E-state index contributed by atoms with van der Waals surface area (Å²) in [5.41, 5.74) is 0.657. The Morgan fingerprint density at radius 2 is 1.71 bits per heavy atom. The highest BCUT2D eigenvalue weighted by atomic mass is 19.1. The fourth-order valence-electron chi connectivity index (χ4n) is 3.23. The molecule has 1 saturated carbocycles. The van der Waals surface area contributed by atoms with Crippen LogP contribution in [0.3, 0.4) is 0 Å². The summed E-state index contributed by atoms with van der Waals surface area (Å²) < 4.78 is 12.8. The predicted octanol–water partition coefficient (Wildman–Crippen LogP) is 2.25. The summed E-state index contributed by atoms with van der Waals surface area (Å²) in [6.45, 7) is 2.11. The molecule has 1 heterocycles. The molecule has 0 amide bonds. The number of rotatable bonds is 2. The van der Waals surface area contributed by atoms with Gasteiger partial charge >= 0.3 is 0 Å². The minimum Gasteiger partial charge on any atom is -0.316 e. The molecule has 2 atom stereocenters. The van der Waals surface area contributed by atoms with Crippen LogP contribution < -0.4 is 5.32 Å². The summed E-state index contributed by atoms with van der Waals surface area (Å²) in [4.78, 5) is 12.2. The second kappa shape index (κ2) is 4.22. The Labute approximate surface area is 100 Å². The molecule has 90 valence electrons. The number of carbonyl (C=O) groups is 1. The maximum Gasteiger partial charge on any atom is 0.165 e. The first-order valence-corrected chi connectivity index (χ1v) is 6.24. The van der Waals surface area contributed by atoms with Crippen LogP contribution in [0.4, 0.5) is 4.39 Å². The number of hydrogen-bond donors (Lipinski definition) is 1. The van der Waals surface area contributed by atoms with Crippen LogP contribution in [0.25, 0.3) is 0 Å². The molecule has 1 aliphatic heterocycles. The molecule has 2 nitrogen and oxygen atoms in total. The first-order valence-electron chi connectivity index (χ1n) is 6.24. The number of Topliss-reactive ketones (excluding diaryl/α,β-unsaturated/α-hetero) is 1. The fraction of sp³-hybridized carbons (Fsp3) is 0.500. The maximum absolute atomic E-state index is 12.8. The van der Waals surface area contributed by atoms with E-state index in [-0.39, 0.29) is 17.5 Å². The Bertz CT molecular complexity index is 416. The van der Waals surface area contributed by atoms with Crippen molar-refractivity contribution in [1.29, 1.82) is 0 Å². The Morgan fingerprint density at radius 3 is 2.29 bits per heavy atom. The number of nitrogens with one attached hydrogen (secondary N) is 1. The van der Waals surface area contributed by atoms with E-state index < -0.39 is 0 Å². The van der Waals surface area contributed by atoms with E-state index >= 15 is 0 Å². The van der Waals surface area contributed by atoms with Gasteiger partial charge in [0.15, 0.2) is 5.78 Å². The van der Waals surface area contributed by atoms with Gasteiger partial charge in [0.1, 0.15) is 5.82 Å². The van der Waals surface area contributed by atoms with Crippen LogP contribution in [-0.2, 0) is 0 Å². The smallest absolute Gasteiger partial charge is 0.165 e. The second-order valence-corrected chi connectivity index (χ2v) is 5.22. The molecule has 0 radical (unpaired) electrons. The Hall–Kier alpha value is -1.22. The predicted molar refractivity (Wildman–Crippen MR) is 63.3 cm³/mol. The topological polar surface area (TPSA) is 29.1 Å². The minimum absolute atomic E-state index is 0.151. The fourth-order valence-corrected chi connectivity index (χ4v) is 3.23. The van der Waals surface area contributed by atoms with E-state index in [1.807, 2.05) is 0 Å². The number of ketones is 1. The molecule has 2 aliphatic rings. The summed E-state index contributed by atoms with van der Waals surface area (Å²) in [7, 11) is 0. The highest BCUT2D eigenvalue weighted by Crippen LogP contribution is 2.39. The molecule has 0 spiro atoms. The summed E-state index contributed by atoms with van der Waals surface area (Å²) in [5.74, 6) is 1.40. The summed E-state index contributed by atoms with van der Waals surface area (Å²) >= 11 is 0. The van der Waals surface area contributed by atoms with Crippen molar-refractivity contribution in [3.8, 4) is 0 Å². The van der Waals surface area contributed by atoms with Gasteiger partial charge in [-0.1, -0.05) is 0 Å². The van der Waals surface area contributed by atoms with Gasteiger partial charge in [-0.05, 0) is 62.0 Å². The molecule has 2 fully saturated rings. The lowest BCUT2D eigenvalue weighted by Crippen LogP contribution is -2.17. The molecule has 1 saturated heterocycles. The van der Waals surface area contributed by atoms with Crippen molar-refractivity contribution in [2.24, 2.45) is 17.8 Å². The van der Waals surface area contributed by atoms with Crippen molar-refractivity contribution < 1.29 is 9.18 Å². The maximum atomic E-state index is 12.8. The molecule has 1 N–H and O–H groups in total. The number of benzene rings is 1. The van der Waals surface area contributed by atoms with Crippen molar-refractivity contribution in [2.75, 3.05) is 13.1 Å². The largest absolute Gasteiger partial charge is 0.316 e. The van der Waals surface area contributed by atoms with Gasteiger partial charge in [0.05, 0.1) is 0 Å². The zero-order chi connectivity index (χ0) is 11.8. The van der Waals surface area contributed by atoms with E-state index in [1.165, 1.54) is 12.1 Å². The zero-order valence-corrected chi connectivity index (χ0v) is 9.66. The van der Waals surface area contributed by atoms with Crippen LogP contribution in [-0.4, -0.2) is 18.9 Å². The average Bonchev–Trinajstić information content (AvgIpc) is 2.89. The third-order valence-corrected chi connectivity index (χ3v) is 4.15. The minimum atomic E-state index is -0.283. The highest BCUT2D eigenvalue weighted by molar-refractivity contribution is 5.98. The Kier molecular flexibility index (Phi) is 2.71. The molecule has 3 heteroatoms. The monoisotopic (exact) mass is 233 g/mol. The number of carbonyl (C=O) groups excluding carboxylic acids is 1. The molecule has 2 unspecified atom stereocenters. The van der Waals surface area contributed by atoms with E-state index in [1.54, 1.807) is 12.1 Å². The van der Waals surface area contributed by atoms with Gasteiger partial charge in [0.2, 0.25) is 0 Å². The van der Waals surface area contributed by atoms with Crippen molar-refractivity contribution in [3.63, 3.8) is 0 Å². The molecule has 17 heavy (non-hydrogen) atoms. The molecule has 3 rings (SSSR count). The summed E-state index contributed by atoms with van der Waals surface area (Å²) in [6.07, 6.45) is 1.99. The van der Waals surface area contributed by atoms with Crippen LogP contribution in [0.1, 0.15) is 23.2 Å². The SMILES string of the molecule is O=C(c1ccc(F)cc1)C1CC2CNCC2C1. The first-order chi connectivity index (χ1) is 8.24. The number of fused-ring (bicyclic) bond motifs is 1. The van der Waals surface area contributed by atoms with E-state index in [9.17, 15) is 9.18 Å². The van der Waals surface area contributed by atoms with Gasteiger partial charge in [-0.2, -0.15) is 0 Å². The highest BCUT2D eigenvalue weighted by Gasteiger charge is 2.40. The summed E-state index contributed by atoms with van der Waals surface area (Å²) in [6, 6.07) is 5.93. The van der Waals surface area contributed by atoms with Gasteiger partial charge in [0, 0.05) is 11.5 Å². The molecule has 1 aromatic rings. The van der Waals surface area contributed by atoms with Crippen LogP contribution in [0, 0.1) is 23.6 Å². The third kappa shape index (κ3) is 2.00. The first kappa shape index (κ1) is 10.9. The van der Waals surface area contributed by atoms with E-state index in [0.717, 1.165) is 25.9 Å². The number of hydrogen-bond acceptors (Lipinski definition) is 2. The quantitative estimate of drug-likeness (QED) is 0.794. The third-order valence-electron chi connectivity index (χ3n) is 4.15. The average molecular weight is 233 g/mol. The van der Waals surface area contributed by atoms with Crippen LogP contribution in [0.15, 0.2) is 24.3 Å². The van der Waals surface area contributed by atoms with E-state index in [0.29, 0.717) is 17.4 Å². The summed E-state index contributed by atoms with van der Waals surface area (Å²) in [5, 5.41) is 3.37. The lowest BCUT2D eigenvalue weighted by molar-refractivity contribution is 0.0917. The van der Waals surface area contributed by atoms with Gasteiger partial charge in [-0.25, -0.2) is 4.39 Å². The van der Waals surface area contributed by atoms with Crippen LogP contribution >= 0.6 is 0 Å². The van der Waals surface area contributed by atoms with E-state index in [4.69, 9.17) is 0 Å². The van der Waals surface area contributed by atoms with Gasteiger partial charge < -0.3 is 5.32 Å². The van der Waals surface area contributed by atoms with Crippen molar-refractivity contribution >= 4 is 5.78 Å². The second-order valence-electron chi connectivity index (χ2n) is 5.22. The lowest BCUT2D eigenvalue weighted by Gasteiger charge is -2.10. The molecule has 1 aliphatic carbocycles. The molecule has 1 aromatic carbocycles. The van der Waals surface area contributed by atoms with Crippen molar-refractivity contribution in [2.45, 2.75) is 12.8 Å². The van der Waals surface area contributed by atoms with Crippen LogP contribution in [0.2, 0.25) is 0 Å². The zero-order valence-electron chi connectivity index (χ0n) is 9.66. The molecular formula is C14H16FNO. The lowest BCUT2D eigenvalue weighted by atomic mass is 9.95. The standard InChI is InChI=1S/C14H16FNO/c15-13-3-1-9(2-4-13)14(17)10-5-11-7-16-8-12(11)6-10/h1-4,10-12,16H,5-8H2. The van der Waals surface area contributed by atoms with Gasteiger partial charge in [-0.15, -0.1) is 0 Å². The molecule has 0 bridgehead atoms. The Morgan fingerprint density at radius 1 is 1.12 bits per heavy atom. The van der Waals surface area contributed by atoms with Crippen molar-refractivity contribution in [3.05, 3.63) is 35.6 Å². The number of halogens is 1. The van der Waals surface area contributed by atoms with Crippen molar-refractivity contribution in [1.82, 2.24) is 5.32 Å². The van der Waals surface area contributed by atoms with E-state index in [2.05, 4.69) is 5.32 Å².